The SMILES string of the molecule is COc1ccc(C(N)C2(C(=O)O)CC2)cc1OC. The molecule has 5 heteroatoms. The molecule has 1 aromatic carbocycles. The Labute approximate surface area is 106 Å². The molecule has 3 N–H and O–H groups in total. The maximum absolute atomic E-state index is 11.2. The van der Waals surface area contributed by atoms with E-state index in [1.165, 1.54) is 7.11 Å². The zero-order chi connectivity index (χ0) is 13.3. The van der Waals surface area contributed by atoms with Gasteiger partial charge in [0.25, 0.3) is 0 Å². The van der Waals surface area contributed by atoms with Crippen LogP contribution in [0.2, 0.25) is 0 Å². The van der Waals surface area contributed by atoms with Crippen LogP contribution in [0.25, 0.3) is 0 Å². The van der Waals surface area contributed by atoms with Gasteiger partial charge in [0.2, 0.25) is 0 Å². The minimum Gasteiger partial charge on any atom is -0.493 e. The third-order valence-corrected chi connectivity index (χ3v) is 3.58. The molecule has 0 aliphatic heterocycles. The van der Waals surface area contributed by atoms with Gasteiger partial charge in [-0.25, -0.2) is 0 Å². The first kappa shape index (κ1) is 12.7. The van der Waals surface area contributed by atoms with Crippen LogP contribution in [-0.4, -0.2) is 25.3 Å². The van der Waals surface area contributed by atoms with Gasteiger partial charge in [0.1, 0.15) is 0 Å². The van der Waals surface area contributed by atoms with Gasteiger partial charge in [-0.3, -0.25) is 4.79 Å². The molecule has 0 bridgehead atoms. The topological polar surface area (TPSA) is 81.8 Å². The smallest absolute Gasteiger partial charge is 0.311 e. The third kappa shape index (κ3) is 1.90. The van der Waals surface area contributed by atoms with Crippen LogP contribution in [0, 0.1) is 5.41 Å². The monoisotopic (exact) mass is 251 g/mol. The zero-order valence-electron chi connectivity index (χ0n) is 10.5. The molecule has 1 aromatic rings. The first-order valence-electron chi connectivity index (χ1n) is 5.76. The number of methoxy groups -OCH3 is 2. The molecule has 5 nitrogen and oxygen atoms in total. The van der Waals surface area contributed by atoms with Crippen LogP contribution in [0.15, 0.2) is 18.2 Å². The molecule has 0 aromatic heterocycles. The van der Waals surface area contributed by atoms with Gasteiger partial charge in [-0.1, -0.05) is 6.07 Å². The van der Waals surface area contributed by atoms with Crippen molar-refractivity contribution in [2.24, 2.45) is 11.1 Å². The van der Waals surface area contributed by atoms with Crippen molar-refractivity contribution in [2.75, 3.05) is 14.2 Å². The Morgan fingerprint density at radius 2 is 1.94 bits per heavy atom. The van der Waals surface area contributed by atoms with E-state index < -0.39 is 17.4 Å². The molecule has 1 saturated carbocycles. The fraction of sp³-hybridized carbons (Fsp3) is 0.462. The minimum absolute atomic E-state index is 0.519. The summed E-state index contributed by atoms with van der Waals surface area (Å²) in [6, 6.07) is 4.75. The van der Waals surface area contributed by atoms with Gasteiger partial charge in [-0.15, -0.1) is 0 Å². The standard InChI is InChI=1S/C13H17NO4/c1-17-9-4-3-8(7-10(9)18-2)11(14)13(5-6-13)12(15)16/h3-4,7,11H,5-6,14H2,1-2H3,(H,15,16). The normalized spacial score (nSPS) is 17.9. The number of benzene rings is 1. The number of rotatable bonds is 5. The lowest BCUT2D eigenvalue weighted by Crippen LogP contribution is -2.29. The quantitative estimate of drug-likeness (QED) is 0.830. The van der Waals surface area contributed by atoms with Gasteiger partial charge in [0.05, 0.1) is 19.6 Å². The van der Waals surface area contributed by atoms with E-state index in [9.17, 15) is 9.90 Å². The second-order valence-electron chi connectivity index (χ2n) is 4.55. The highest BCUT2D eigenvalue weighted by Crippen LogP contribution is 2.54. The highest BCUT2D eigenvalue weighted by Gasteiger charge is 2.55. The number of carboxylic acids is 1. The Hall–Kier alpha value is -1.75. The summed E-state index contributed by atoms with van der Waals surface area (Å²) in [5, 5.41) is 9.23. The number of carbonyl (C=O) groups is 1. The molecule has 1 fully saturated rings. The Morgan fingerprint density at radius 1 is 1.33 bits per heavy atom. The fourth-order valence-corrected chi connectivity index (χ4v) is 2.16. The van der Waals surface area contributed by atoms with Crippen LogP contribution in [-0.2, 0) is 4.79 Å². The molecular weight excluding hydrogens is 234 g/mol. The van der Waals surface area contributed by atoms with Crippen LogP contribution in [0.5, 0.6) is 11.5 Å². The Bertz CT molecular complexity index is 468. The van der Waals surface area contributed by atoms with E-state index in [4.69, 9.17) is 15.2 Å². The van der Waals surface area contributed by atoms with Crippen molar-refractivity contribution in [2.45, 2.75) is 18.9 Å². The highest BCUT2D eigenvalue weighted by atomic mass is 16.5. The predicted molar refractivity (Wildman–Crippen MR) is 65.8 cm³/mol. The minimum atomic E-state index is -0.829. The number of nitrogens with two attached hydrogens (primary N) is 1. The molecular formula is C13H17NO4. The van der Waals surface area contributed by atoms with Gasteiger partial charge in [-0.2, -0.15) is 0 Å². The summed E-state index contributed by atoms with van der Waals surface area (Å²) < 4.78 is 10.3. The molecule has 1 aliphatic rings. The number of hydrogen-bond donors (Lipinski definition) is 2. The van der Waals surface area contributed by atoms with E-state index in [1.807, 2.05) is 0 Å². The van der Waals surface area contributed by atoms with Crippen molar-refractivity contribution >= 4 is 5.97 Å². The Balaban J connectivity index is 2.32. The first-order valence-corrected chi connectivity index (χ1v) is 5.76. The summed E-state index contributed by atoms with van der Waals surface area (Å²) in [5.41, 5.74) is 6.03. The molecule has 1 atom stereocenters. The van der Waals surface area contributed by atoms with E-state index in [0.717, 1.165) is 5.56 Å². The average molecular weight is 251 g/mol. The largest absolute Gasteiger partial charge is 0.493 e. The predicted octanol–water partition coefficient (Wildman–Crippen LogP) is 1.57. The molecule has 1 unspecified atom stereocenters. The summed E-state index contributed by atoms with van der Waals surface area (Å²) in [4.78, 5) is 11.2. The second kappa shape index (κ2) is 4.49. The summed E-state index contributed by atoms with van der Waals surface area (Å²) >= 11 is 0. The lowest BCUT2D eigenvalue weighted by atomic mass is 9.91. The van der Waals surface area contributed by atoms with Crippen molar-refractivity contribution in [3.05, 3.63) is 23.8 Å². The third-order valence-electron chi connectivity index (χ3n) is 3.58. The van der Waals surface area contributed by atoms with Crippen molar-refractivity contribution in [3.8, 4) is 11.5 Å². The molecule has 98 valence electrons. The van der Waals surface area contributed by atoms with Gasteiger partial charge in [0.15, 0.2) is 11.5 Å². The van der Waals surface area contributed by atoms with Crippen LogP contribution < -0.4 is 15.2 Å². The van der Waals surface area contributed by atoms with E-state index in [0.29, 0.717) is 24.3 Å². The summed E-state index contributed by atoms with van der Waals surface area (Å²) in [7, 11) is 3.09. The number of hydrogen-bond acceptors (Lipinski definition) is 4. The summed E-state index contributed by atoms with van der Waals surface area (Å²) in [6.45, 7) is 0. The second-order valence-corrected chi connectivity index (χ2v) is 4.55. The Kier molecular flexibility index (Phi) is 3.17. The zero-order valence-corrected chi connectivity index (χ0v) is 10.5. The molecule has 0 radical (unpaired) electrons. The molecule has 18 heavy (non-hydrogen) atoms. The maximum Gasteiger partial charge on any atom is 0.311 e. The van der Waals surface area contributed by atoms with E-state index >= 15 is 0 Å². The van der Waals surface area contributed by atoms with Gasteiger partial charge in [-0.05, 0) is 30.5 Å². The lowest BCUT2D eigenvalue weighted by molar-refractivity contribution is -0.144. The summed E-state index contributed by atoms with van der Waals surface area (Å²) in [6.07, 6.45) is 1.25. The van der Waals surface area contributed by atoms with Crippen molar-refractivity contribution in [3.63, 3.8) is 0 Å². The van der Waals surface area contributed by atoms with Gasteiger partial charge >= 0.3 is 5.97 Å². The van der Waals surface area contributed by atoms with Crippen LogP contribution in [0.3, 0.4) is 0 Å². The molecule has 0 spiro atoms. The summed E-state index contributed by atoms with van der Waals surface area (Å²) in [5.74, 6) is 0.338. The van der Waals surface area contributed by atoms with Crippen molar-refractivity contribution in [1.82, 2.24) is 0 Å². The maximum atomic E-state index is 11.2. The number of carboxylic acid groups (broad SMARTS) is 1. The number of ether oxygens (including phenoxy) is 2. The molecule has 1 aliphatic carbocycles. The fourth-order valence-electron chi connectivity index (χ4n) is 2.16. The molecule has 0 heterocycles. The molecule has 0 saturated heterocycles. The van der Waals surface area contributed by atoms with E-state index in [-0.39, 0.29) is 0 Å². The van der Waals surface area contributed by atoms with Gasteiger partial charge in [0, 0.05) is 6.04 Å². The average Bonchev–Trinajstić information content (AvgIpc) is 3.18. The van der Waals surface area contributed by atoms with Crippen LogP contribution in [0.1, 0.15) is 24.4 Å². The van der Waals surface area contributed by atoms with Crippen LogP contribution in [0.4, 0.5) is 0 Å². The highest BCUT2D eigenvalue weighted by molar-refractivity contribution is 5.79. The lowest BCUT2D eigenvalue weighted by Gasteiger charge is -2.20. The van der Waals surface area contributed by atoms with E-state index in [1.54, 1.807) is 25.3 Å². The van der Waals surface area contributed by atoms with Crippen LogP contribution >= 0.6 is 0 Å². The van der Waals surface area contributed by atoms with E-state index in [2.05, 4.69) is 0 Å². The molecule has 2 rings (SSSR count). The number of aliphatic carboxylic acids is 1. The molecule has 0 amide bonds. The van der Waals surface area contributed by atoms with Gasteiger partial charge < -0.3 is 20.3 Å². The first-order chi connectivity index (χ1) is 8.55. The Morgan fingerprint density at radius 3 is 2.39 bits per heavy atom. The van der Waals surface area contributed by atoms with Crippen molar-refractivity contribution < 1.29 is 19.4 Å². The van der Waals surface area contributed by atoms with Crippen molar-refractivity contribution in [1.29, 1.82) is 0 Å².